The van der Waals surface area contributed by atoms with Crippen LogP contribution in [0, 0.1) is 0 Å². The van der Waals surface area contributed by atoms with Gasteiger partial charge in [-0.2, -0.15) is 0 Å². The lowest BCUT2D eigenvalue weighted by atomic mass is 10.0. The van der Waals surface area contributed by atoms with E-state index in [1.54, 1.807) is 0 Å². The molecule has 0 aliphatic heterocycles. The normalized spacial score (nSPS) is 11.5. The molecule has 0 unspecified atom stereocenters. The van der Waals surface area contributed by atoms with Crippen LogP contribution in [-0.2, 0) is 6.54 Å². The van der Waals surface area contributed by atoms with Crippen molar-refractivity contribution in [1.29, 1.82) is 0 Å². The topological polar surface area (TPSA) is 3.24 Å². The van der Waals surface area contributed by atoms with E-state index in [2.05, 4.69) is 24.8 Å². The average molecular weight is 246 g/mol. The number of benzene rings is 1. The van der Waals surface area contributed by atoms with Gasteiger partial charge in [0.2, 0.25) is 0 Å². The first-order valence-electron chi connectivity index (χ1n) is 5.04. The lowest BCUT2D eigenvalue weighted by Gasteiger charge is -2.15. The van der Waals surface area contributed by atoms with Gasteiger partial charge >= 0.3 is 0 Å². The Morgan fingerprint density at radius 1 is 1.13 bits per heavy atom. The molecule has 1 aromatic carbocycles. The first kappa shape index (κ1) is 12.8. The summed E-state index contributed by atoms with van der Waals surface area (Å²) < 4.78 is 0. The third-order valence-electron chi connectivity index (χ3n) is 2.27. The number of halogens is 2. The Morgan fingerprint density at radius 2 is 1.73 bits per heavy atom. The predicted octanol–water partition coefficient (Wildman–Crippen LogP) is 4.18. The van der Waals surface area contributed by atoms with Gasteiger partial charge in [0.1, 0.15) is 0 Å². The van der Waals surface area contributed by atoms with Crippen molar-refractivity contribution in [1.82, 2.24) is 4.90 Å². The SMILES string of the molecule is CC(C)c1cc(CN(C)C)c(Cl)cc1Cl. The van der Waals surface area contributed by atoms with Crippen molar-refractivity contribution in [2.24, 2.45) is 0 Å². The summed E-state index contributed by atoms with van der Waals surface area (Å²) in [4.78, 5) is 2.10. The third kappa shape index (κ3) is 3.37. The molecule has 0 heterocycles. The zero-order chi connectivity index (χ0) is 11.6. The molecular formula is C12H17Cl2N. The summed E-state index contributed by atoms with van der Waals surface area (Å²) in [5.74, 6) is 0.427. The van der Waals surface area contributed by atoms with Gasteiger partial charge in [0.25, 0.3) is 0 Å². The molecule has 0 spiro atoms. The van der Waals surface area contributed by atoms with Crippen LogP contribution in [0.25, 0.3) is 0 Å². The van der Waals surface area contributed by atoms with Crippen molar-refractivity contribution in [3.05, 3.63) is 33.3 Å². The van der Waals surface area contributed by atoms with Crippen LogP contribution in [0.4, 0.5) is 0 Å². The van der Waals surface area contributed by atoms with Gasteiger partial charge < -0.3 is 4.90 Å². The van der Waals surface area contributed by atoms with Crippen molar-refractivity contribution >= 4 is 23.2 Å². The molecular weight excluding hydrogens is 229 g/mol. The van der Waals surface area contributed by atoms with Crippen LogP contribution < -0.4 is 0 Å². The predicted molar refractivity (Wildman–Crippen MR) is 67.9 cm³/mol. The first-order valence-corrected chi connectivity index (χ1v) is 5.80. The molecule has 0 aromatic heterocycles. The molecule has 1 rings (SSSR count). The summed E-state index contributed by atoms with van der Waals surface area (Å²) >= 11 is 12.3. The highest BCUT2D eigenvalue weighted by molar-refractivity contribution is 6.35. The van der Waals surface area contributed by atoms with E-state index in [1.807, 2.05) is 20.2 Å². The molecule has 0 amide bonds. The summed E-state index contributed by atoms with van der Waals surface area (Å²) in [7, 11) is 4.06. The van der Waals surface area contributed by atoms with Gasteiger partial charge in [0.15, 0.2) is 0 Å². The van der Waals surface area contributed by atoms with Crippen molar-refractivity contribution in [3.63, 3.8) is 0 Å². The smallest absolute Gasteiger partial charge is 0.0466 e. The number of hydrogen-bond donors (Lipinski definition) is 0. The van der Waals surface area contributed by atoms with E-state index < -0.39 is 0 Å². The van der Waals surface area contributed by atoms with Gasteiger partial charge in [-0.3, -0.25) is 0 Å². The van der Waals surface area contributed by atoms with E-state index in [4.69, 9.17) is 23.2 Å². The van der Waals surface area contributed by atoms with E-state index in [0.717, 1.165) is 27.7 Å². The van der Waals surface area contributed by atoms with E-state index >= 15 is 0 Å². The Labute approximate surface area is 102 Å². The molecule has 84 valence electrons. The second-order valence-electron chi connectivity index (χ2n) is 4.36. The minimum atomic E-state index is 0.427. The Hall–Kier alpha value is -0.240. The molecule has 0 fully saturated rings. The lowest BCUT2D eigenvalue weighted by Crippen LogP contribution is -2.11. The second kappa shape index (κ2) is 5.20. The quantitative estimate of drug-likeness (QED) is 0.773. The Kier molecular flexibility index (Phi) is 4.45. The van der Waals surface area contributed by atoms with Crippen molar-refractivity contribution in [2.45, 2.75) is 26.3 Å². The van der Waals surface area contributed by atoms with Crippen molar-refractivity contribution in [2.75, 3.05) is 14.1 Å². The minimum Gasteiger partial charge on any atom is -0.305 e. The fourth-order valence-corrected chi connectivity index (χ4v) is 2.18. The van der Waals surface area contributed by atoms with Crippen molar-refractivity contribution in [3.8, 4) is 0 Å². The molecule has 3 heteroatoms. The van der Waals surface area contributed by atoms with Crippen LogP contribution in [0.1, 0.15) is 30.9 Å². The summed E-state index contributed by atoms with van der Waals surface area (Å²) in [6, 6.07) is 3.95. The molecule has 0 N–H and O–H groups in total. The highest BCUT2D eigenvalue weighted by atomic mass is 35.5. The maximum atomic E-state index is 6.14. The van der Waals surface area contributed by atoms with E-state index in [-0.39, 0.29) is 0 Å². The number of rotatable bonds is 3. The highest BCUT2D eigenvalue weighted by Gasteiger charge is 2.10. The van der Waals surface area contributed by atoms with Crippen LogP contribution in [0.15, 0.2) is 12.1 Å². The summed E-state index contributed by atoms with van der Waals surface area (Å²) in [5, 5.41) is 1.51. The van der Waals surface area contributed by atoms with Gasteiger partial charge in [0.05, 0.1) is 0 Å². The second-order valence-corrected chi connectivity index (χ2v) is 5.17. The molecule has 0 aliphatic carbocycles. The maximum Gasteiger partial charge on any atom is 0.0466 e. The van der Waals surface area contributed by atoms with Crippen LogP contribution in [0.5, 0.6) is 0 Å². The van der Waals surface area contributed by atoms with Gasteiger partial charge in [-0.1, -0.05) is 43.1 Å². The van der Waals surface area contributed by atoms with E-state index in [9.17, 15) is 0 Å². The van der Waals surface area contributed by atoms with Gasteiger partial charge in [0, 0.05) is 16.6 Å². The van der Waals surface area contributed by atoms with E-state index in [1.165, 1.54) is 0 Å². The fourth-order valence-electron chi connectivity index (χ4n) is 1.52. The molecule has 1 aromatic rings. The zero-order valence-electron chi connectivity index (χ0n) is 9.64. The molecule has 0 aliphatic rings. The van der Waals surface area contributed by atoms with E-state index in [0.29, 0.717) is 5.92 Å². The average Bonchev–Trinajstić information content (AvgIpc) is 2.08. The largest absolute Gasteiger partial charge is 0.305 e. The maximum absolute atomic E-state index is 6.14. The monoisotopic (exact) mass is 245 g/mol. The van der Waals surface area contributed by atoms with Gasteiger partial charge in [-0.25, -0.2) is 0 Å². The molecule has 0 atom stereocenters. The number of hydrogen-bond acceptors (Lipinski definition) is 1. The zero-order valence-corrected chi connectivity index (χ0v) is 11.2. The first-order chi connectivity index (χ1) is 6.91. The summed E-state index contributed by atoms with van der Waals surface area (Å²) in [6.45, 7) is 5.11. The Bertz CT molecular complexity index is 346. The van der Waals surface area contributed by atoms with Gasteiger partial charge in [-0.05, 0) is 37.2 Å². The third-order valence-corrected chi connectivity index (χ3v) is 2.95. The summed E-state index contributed by atoms with van der Waals surface area (Å²) in [6.07, 6.45) is 0. The Balaban J connectivity index is 3.11. The minimum absolute atomic E-state index is 0.427. The Morgan fingerprint density at radius 3 is 2.20 bits per heavy atom. The van der Waals surface area contributed by atoms with Crippen LogP contribution in [-0.4, -0.2) is 19.0 Å². The molecule has 15 heavy (non-hydrogen) atoms. The molecule has 0 radical (unpaired) electrons. The summed E-state index contributed by atoms with van der Waals surface area (Å²) in [5.41, 5.74) is 2.30. The van der Waals surface area contributed by atoms with Crippen molar-refractivity contribution < 1.29 is 0 Å². The standard InChI is InChI=1S/C12H17Cl2N/c1-8(2)10-5-9(7-15(3)4)11(13)6-12(10)14/h5-6,8H,7H2,1-4H3. The lowest BCUT2D eigenvalue weighted by molar-refractivity contribution is 0.402. The molecule has 1 nitrogen and oxygen atoms in total. The van der Waals surface area contributed by atoms with Crippen LogP contribution in [0.3, 0.4) is 0 Å². The molecule has 0 bridgehead atoms. The fraction of sp³-hybridized carbons (Fsp3) is 0.500. The number of nitrogens with zero attached hydrogens (tertiary/aromatic N) is 1. The van der Waals surface area contributed by atoms with Crippen LogP contribution in [0.2, 0.25) is 10.0 Å². The van der Waals surface area contributed by atoms with Crippen LogP contribution >= 0.6 is 23.2 Å². The highest BCUT2D eigenvalue weighted by Crippen LogP contribution is 2.30. The van der Waals surface area contributed by atoms with Gasteiger partial charge in [-0.15, -0.1) is 0 Å². The molecule has 0 saturated heterocycles. The molecule has 0 saturated carbocycles.